The molecule has 0 radical (unpaired) electrons. The molecule has 0 saturated carbocycles. The van der Waals surface area contributed by atoms with Gasteiger partial charge in [0, 0.05) is 0 Å². The van der Waals surface area contributed by atoms with Gasteiger partial charge in [-0.25, -0.2) is 0 Å². The van der Waals surface area contributed by atoms with E-state index >= 15 is 0 Å². The number of hydrogen-bond donors (Lipinski definition) is 0. The lowest BCUT2D eigenvalue weighted by Crippen LogP contribution is -1.79. The Balaban J connectivity index is 3.59. The van der Waals surface area contributed by atoms with Gasteiger partial charge in [0.25, 0.3) is 0 Å². The van der Waals surface area contributed by atoms with Crippen LogP contribution in [0.3, 0.4) is 0 Å². The molecule has 0 unspecified atom stereocenters. The van der Waals surface area contributed by atoms with Crippen molar-refractivity contribution in [1.29, 1.82) is 0 Å². The molecule has 0 bridgehead atoms. The fourth-order valence-corrected chi connectivity index (χ4v) is 0.999. The number of rotatable bonds is 5. The lowest BCUT2D eigenvalue weighted by atomic mass is 10.1. The second-order valence-corrected chi connectivity index (χ2v) is 2.45. The summed E-state index contributed by atoms with van der Waals surface area (Å²) in [4.78, 5) is 0. The zero-order valence-corrected chi connectivity index (χ0v) is 7.19. The third-order valence-corrected chi connectivity index (χ3v) is 1.62. The predicted octanol–water partition coefficient (Wildman–Crippen LogP) is 3.70. The molecule has 0 heteroatoms. The van der Waals surface area contributed by atoms with Crippen LogP contribution < -0.4 is 0 Å². The minimum absolute atomic E-state index is 1.12. The molecule has 0 heterocycles. The highest BCUT2D eigenvalue weighted by Gasteiger charge is 1.89. The van der Waals surface area contributed by atoms with Gasteiger partial charge in [-0.3, -0.25) is 0 Å². The van der Waals surface area contributed by atoms with Gasteiger partial charge >= 0.3 is 0 Å². The first-order valence-electron chi connectivity index (χ1n) is 4.13. The molecule has 0 fully saturated rings. The topological polar surface area (TPSA) is 0 Å². The lowest BCUT2D eigenvalue weighted by Gasteiger charge is -1.99. The van der Waals surface area contributed by atoms with Crippen LogP contribution >= 0.6 is 0 Å². The largest absolute Gasteiger partial charge is 0.103 e. The highest BCUT2D eigenvalue weighted by Crippen LogP contribution is 2.09. The molecule has 0 aromatic carbocycles. The molecular weight excluding hydrogens is 120 g/mol. The summed E-state index contributed by atoms with van der Waals surface area (Å²) < 4.78 is 0. The van der Waals surface area contributed by atoms with E-state index in [-0.39, 0.29) is 0 Å². The maximum absolute atomic E-state index is 3.70. The Morgan fingerprint density at radius 1 is 1.40 bits per heavy atom. The van der Waals surface area contributed by atoms with Crippen molar-refractivity contribution in [3.05, 3.63) is 24.3 Å². The Morgan fingerprint density at radius 3 is 2.50 bits per heavy atom. The molecule has 10 heavy (non-hydrogen) atoms. The minimum atomic E-state index is 1.12. The van der Waals surface area contributed by atoms with Gasteiger partial charge in [0.05, 0.1) is 0 Å². The summed E-state index contributed by atoms with van der Waals surface area (Å²) in [6, 6.07) is 0. The van der Waals surface area contributed by atoms with Crippen LogP contribution in [0.4, 0.5) is 0 Å². The maximum atomic E-state index is 3.70. The second-order valence-electron chi connectivity index (χ2n) is 2.45. The molecule has 0 nitrogen and oxygen atoms in total. The average molecular weight is 138 g/mol. The van der Waals surface area contributed by atoms with Gasteiger partial charge < -0.3 is 0 Å². The minimum Gasteiger partial charge on any atom is -0.103 e. The first kappa shape index (κ1) is 9.48. The molecule has 58 valence electrons. The van der Waals surface area contributed by atoms with Crippen molar-refractivity contribution in [2.24, 2.45) is 0 Å². The van der Waals surface area contributed by atoms with E-state index in [4.69, 9.17) is 0 Å². The first-order chi connectivity index (χ1) is 4.85. The quantitative estimate of drug-likeness (QED) is 0.508. The molecule has 0 aromatic heterocycles. The van der Waals surface area contributed by atoms with E-state index in [1.54, 1.807) is 5.57 Å². The van der Waals surface area contributed by atoms with Crippen molar-refractivity contribution in [1.82, 2.24) is 0 Å². The molecule has 0 N–H and O–H groups in total. The van der Waals surface area contributed by atoms with Crippen LogP contribution in [0.5, 0.6) is 0 Å². The second kappa shape index (κ2) is 6.60. The Labute approximate surface area is 64.6 Å². The molecule has 0 aromatic rings. The van der Waals surface area contributed by atoms with Crippen LogP contribution in [0.2, 0.25) is 0 Å². The normalized spacial score (nSPS) is 11.6. The molecule has 0 spiro atoms. The van der Waals surface area contributed by atoms with E-state index < -0.39 is 0 Å². The van der Waals surface area contributed by atoms with Crippen molar-refractivity contribution >= 4 is 0 Å². The predicted molar refractivity (Wildman–Crippen MR) is 48.1 cm³/mol. The summed E-state index contributed by atoms with van der Waals surface area (Å²) in [6.07, 6.45) is 9.00. The molecule has 0 rings (SSSR count). The van der Waals surface area contributed by atoms with Crippen LogP contribution in [-0.2, 0) is 0 Å². The Bertz CT molecular complexity index is 109. The molecule has 0 saturated heterocycles. The van der Waals surface area contributed by atoms with Gasteiger partial charge in [-0.05, 0) is 25.7 Å². The zero-order chi connectivity index (χ0) is 7.82. The van der Waals surface area contributed by atoms with Crippen LogP contribution in [-0.4, -0.2) is 0 Å². The third-order valence-electron chi connectivity index (χ3n) is 1.62. The van der Waals surface area contributed by atoms with Crippen molar-refractivity contribution in [2.45, 2.75) is 39.5 Å². The fraction of sp³-hybridized carbons (Fsp3) is 0.600. The van der Waals surface area contributed by atoms with E-state index in [1.807, 2.05) is 6.08 Å². The SMILES string of the molecule is C=CCC/C(=C/CC)CC. The molecule has 0 aliphatic carbocycles. The monoisotopic (exact) mass is 138 g/mol. The van der Waals surface area contributed by atoms with Crippen LogP contribution in [0, 0.1) is 0 Å². The van der Waals surface area contributed by atoms with Crippen molar-refractivity contribution in [2.75, 3.05) is 0 Å². The molecule has 0 aliphatic rings. The van der Waals surface area contributed by atoms with E-state index in [2.05, 4.69) is 26.5 Å². The van der Waals surface area contributed by atoms with Gasteiger partial charge in [-0.15, -0.1) is 6.58 Å². The Morgan fingerprint density at radius 2 is 2.10 bits per heavy atom. The Kier molecular flexibility index (Phi) is 6.25. The Hall–Kier alpha value is -0.520. The summed E-state index contributed by atoms with van der Waals surface area (Å²) in [5.41, 5.74) is 1.57. The highest BCUT2D eigenvalue weighted by atomic mass is 14.0. The summed E-state index contributed by atoms with van der Waals surface area (Å²) in [6.45, 7) is 8.10. The van der Waals surface area contributed by atoms with Crippen molar-refractivity contribution in [3.8, 4) is 0 Å². The van der Waals surface area contributed by atoms with E-state index in [0.29, 0.717) is 0 Å². The van der Waals surface area contributed by atoms with E-state index in [1.165, 1.54) is 19.3 Å². The van der Waals surface area contributed by atoms with Crippen LogP contribution in [0.25, 0.3) is 0 Å². The molecule has 0 amide bonds. The smallest absolute Gasteiger partial charge is 0.0286 e. The summed E-state index contributed by atoms with van der Waals surface area (Å²) in [5, 5.41) is 0. The van der Waals surface area contributed by atoms with Crippen LogP contribution in [0.15, 0.2) is 24.3 Å². The molecule has 0 aliphatic heterocycles. The third kappa shape index (κ3) is 4.37. The molecular formula is C10H18. The van der Waals surface area contributed by atoms with Crippen LogP contribution in [0.1, 0.15) is 39.5 Å². The fourth-order valence-electron chi connectivity index (χ4n) is 0.999. The van der Waals surface area contributed by atoms with Gasteiger partial charge in [0.15, 0.2) is 0 Å². The average Bonchev–Trinajstić information content (AvgIpc) is 1.98. The van der Waals surface area contributed by atoms with Crippen molar-refractivity contribution < 1.29 is 0 Å². The van der Waals surface area contributed by atoms with Gasteiger partial charge in [0.2, 0.25) is 0 Å². The van der Waals surface area contributed by atoms with Gasteiger partial charge in [-0.1, -0.05) is 31.6 Å². The van der Waals surface area contributed by atoms with Crippen molar-refractivity contribution in [3.63, 3.8) is 0 Å². The number of hydrogen-bond acceptors (Lipinski definition) is 0. The van der Waals surface area contributed by atoms with E-state index in [9.17, 15) is 0 Å². The zero-order valence-electron chi connectivity index (χ0n) is 7.19. The van der Waals surface area contributed by atoms with E-state index in [0.717, 1.165) is 6.42 Å². The highest BCUT2D eigenvalue weighted by molar-refractivity contribution is 5.01. The summed E-state index contributed by atoms with van der Waals surface area (Å²) in [5.74, 6) is 0. The standard InChI is InChI=1S/C10H18/c1-4-7-9-10(6-3)8-5-2/h4,8H,1,5-7,9H2,2-3H3/b10-8+. The molecule has 0 atom stereocenters. The lowest BCUT2D eigenvalue weighted by molar-refractivity contribution is 0.895. The summed E-state index contributed by atoms with van der Waals surface area (Å²) in [7, 11) is 0. The van der Waals surface area contributed by atoms with Gasteiger partial charge in [-0.2, -0.15) is 0 Å². The summed E-state index contributed by atoms with van der Waals surface area (Å²) >= 11 is 0. The maximum Gasteiger partial charge on any atom is -0.0286 e. The first-order valence-corrected chi connectivity index (χ1v) is 4.13. The number of allylic oxidation sites excluding steroid dienone is 3. The van der Waals surface area contributed by atoms with Gasteiger partial charge in [0.1, 0.15) is 0 Å².